The average Bonchev–Trinajstić information content (AvgIpc) is 2.21. The van der Waals surface area contributed by atoms with Crippen molar-refractivity contribution in [1.29, 1.82) is 0 Å². The smallest absolute Gasteiger partial charge is 0.324 e. The minimum Gasteiger partial charge on any atom is -0.451 e. The van der Waals surface area contributed by atoms with Crippen LogP contribution in [-0.4, -0.2) is 43.0 Å². The molecule has 0 fully saturated rings. The number of likely N-dealkylation sites (N-methyl/N-ethyl adjacent to an activating group) is 1. The van der Waals surface area contributed by atoms with Gasteiger partial charge in [-0.15, -0.1) is 0 Å². The summed E-state index contributed by atoms with van der Waals surface area (Å²) in [5.41, 5.74) is 5.12. The van der Waals surface area contributed by atoms with Gasteiger partial charge < -0.3 is 10.5 Å². The van der Waals surface area contributed by atoms with Crippen LogP contribution in [0.15, 0.2) is 0 Å². The van der Waals surface area contributed by atoms with E-state index in [4.69, 9.17) is 10.5 Å². The largest absolute Gasteiger partial charge is 0.451 e. The fourth-order valence-corrected chi connectivity index (χ4v) is 1.42. The number of primary amides is 1. The molecular weight excluding hydrogens is 208 g/mol. The number of hydrogen-bond donors (Lipinski definition) is 1. The van der Waals surface area contributed by atoms with Crippen LogP contribution in [0.4, 0.5) is 0 Å². The molecule has 0 aliphatic carbocycles. The van der Waals surface area contributed by atoms with Crippen molar-refractivity contribution in [3.63, 3.8) is 0 Å². The molecule has 0 heterocycles. The van der Waals surface area contributed by atoms with E-state index in [2.05, 4.69) is 0 Å². The first-order chi connectivity index (χ1) is 7.43. The Morgan fingerprint density at radius 3 is 2.19 bits per heavy atom. The summed E-state index contributed by atoms with van der Waals surface area (Å²) in [6, 6.07) is -0.307. The normalized spacial score (nSPS) is 14.6. The summed E-state index contributed by atoms with van der Waals surface area (Å²) in [6.07, 6.45) is 1.19. The minimum atomic E-state index is -0.813. The Labute approximate surface area is 96.9 Å². The van der Waals surface area contributed by atoms with Gasteiger partial charge in [-0.3, -0.25) is 14.5 Å². The summed E-state index contributed by atoms with van der Waals surface area (Å²) in [4.78, 5) is 24.5. The molecule has 0 aromatic carbocycles. The summed E-state index contributed by atoms with van der Waals surface area (Å²) in [5, 5.41) is 0. The van der Waals surface area contributed by atoms with Crippen molar-refractivity contribution in [1.82, 2.24) is 4.90 Å². The van der Waals surface area contributed by atoms with Gasteiger partial charge in [-0.05, 0) is 26.9 Å². The number of esters is 1. The lowest BCUT2D eigenvalue weighted by Gasteiger charge is -2.23. The van der Waals surface area contributed by atoms with E-state index < -0.39 is 12.0 Å². The Morgan fingerprint density at radius 1 is 1.31 bits per heavy atom. The Morgan fingerprint density at radius 2 is 1.88 bits per heavy atom. The maximum Gasteiger partial charge on any atom is 0.324 e. The number of ether oxygens (including phenoxy) is 1. The van der Waals surface area contributed by atoms with E-state index in [0.717, 1.165) is 6.42 Å². The van der Waals surface area contributed by atoms with Crippen LogP contribution in [0.1, 0.15) is 33.1 Å². The van der Waals surface area contributed by atoms with Crippen LogP contribution < -0.4 is 5.73 Å². The first-order valence-electron chi connectivity index (χ1n) is 5.60. The molecule has 2 atom stereocenters. The van der Waals surface area contributed by atoms with Crippen LogP contribution in [0, 0.1) is 0 Å². The molecule has 0 rings (SSSR count). The van der Waals surface area contributed by atoms with Crippen molar-refractivity contribution in [3.05, 3.63) is 0 Å². The topological polar surface area (TPSA) is 72.6 Å². The van der Waals surface area contributed by atoms with Gasteiger partial charge in [-0.2, -0.15) is 0 Å². The third-order valence-electron chi connectivity index (χ3n) is 2.40. The molecule has 5 nitrogen and oxygen atoms in total. The van der Waals surface area contributed by atoms with Crippen molar-refractivity contribution in [2.24, 2.45) is 5.73 Å². The van der Waals surface area contributed by atoms with Crippen molar-refractivity contribution < 1.29 is 14.3 Å². The summed E-state index contributed by atoms with van der Waals surface area (Å²) < 4.78 is 5.08. The molecule has 0 aromatic heterocycles. The molecular formula is C11H22N2O3. The van der Waals surface area contributed by atoms with E-state index in [-0.39, 0.29) is 12.0 Å². The van der Waals surface area contributed by atoms with Gasteiger partial charge in [-0.1, -0.05) is 20.3 Å². The maximum atomic E-state index is 11.8. The fourth-order valence-electron chi connectivity index (χ4n) is 1.42. The van der Waals surface area contributed by atoms with E-state index in [1.54, 1.807) is 11.8 Å². The van der Waals surface area contributed by atoms with Gasteiger partial charge in [-0.25, -0.2) is 0 Å². The number of carbonyl (C=O) groups excluding carboxylic acids is 2. The van der Waals surface area contributed by atoms with Gasteiger partial charge in [0.2, 0.25) is 0 Å². The maximum absolute atomic E-state index is 11.8. The Hall–Kier alpha value is -1.10. The van der Waals surface area contributed by atoms with Crippen molar-refractivity contribution in [2.75, 3.05) is 14.1 Å². The third-order valence-corrected chi connectivity index (χ3v) is 2.40. The van der Waals surface area contributed by atoms with Gasteiger partial charge in [0.15, 0.2) is 6.10 Å². The molecule has 0 saturated carbocycles. The molecule has 0 bridgehead atoms. The summed E-state index contributed by atoms with van der Waals surface area (Å²) >= 11 is 0. The van der Waals surface area contributed by atoms with Gasteiger partial charge in [0.1, 0.15) is 6.04 Å². The second kappa shape index (κ2) is 7.22. The van der Waals surface area contributed by atoms with Gasteiger partial charge in [0.25, 0.3) is 5.91 Å². The molecule has 1 amide bonds. The summed E-state index contributed by atoms with van der Waals surface area (Å²) in [6.45, 7) is 3.75. The molecule has 16 heavy (non-hydrogen) atoms. The molecule has 0 saturated heterocycles. The van der Waals surface area contributed by atoms with Crippen molar-refractivity contribution in [2.45, 2.75) is 45.3 Å². The Kier molecular flexibility index (Phi) is 6.72. The molecule has 0 spiro atoms. The quantitative estimate of drug-likeness (QED) is 0.647. The molecule has 2 N–H and O–H groups in total. The number of rotatable bonds is 7. The molecule has 5 heteroatoms. The zero-order valence-electron chi connectivity index (χ0n) is 10.5. The van der Waals surface area contributed by atoms with E-state index in [9.17, 15) is 9.59 Å². The highest BCUT2D eigenvalue weighted by Gasteiger charge is 2.26. The number of hydrogen-bond acceptors (Lipinski definition) is 4. The molecule has 0 radical (unpaired) electrons. The minimum absolute atomic E-state index is 0.307. The zero-order chi connectivity index (χ0) is 12.7. The second-order valence-electron chi connectivity index (χ2n) is 4.00. The van der Waals surface area contributed by atoms with Gasteiger partial charge >= 0.3 is 5.97 Å². The molecule has 2 unspecified atom stereocenters. The number of nitrogens with zero attached hydrogens (tertiary/aromatic N) is 1. The monoisotopic (exact) mass is 230 g/mol. The Bertz CT molecular complexity index is 241. The van der Waals surface area contributed by atoms with Crippen LogP contribution in [0.5, 0.6) is 0 Å². The number of carbonyl (C=O) groups is 2. The number of amides is 1. The standard InChI is InChI=1S/C11H22N2O3/c1-5-7-8(13(3)4)11(15)16-9(6-2)10(12)14/h8-9H,5-7H2,1-4H3,(H2,12,14). The van der Waals surface area contributed by atoms with Crippen LogP contribution in [-0.2, 0) is 14.3 Å². The van der Waals surface area contributed by atoms with E-state index in [0.29, 0.717) is 12.8 Å². The van der Waals surface area contributed by atoms with Gasteiger partial charge in [0.05, 0.1) is 0 Å². The first-order valence-corrected chi connectivity index (χ1v) is 5.60. The predicted molar refractivity (Wildman–Crippen MR) is 61.7 cm³/mol. The third kappa shape index (κ3) is 4.61. The highest BCUT2D eigenvalue weighted by atomic mass is 16.5. The second-order valence-corrected chi connectivity index (χ2v) is 4.00. The Balaban J connectivity index is 4.44. The predicted octanol–water partition coefficient (Wildman–Crippen LogP) is 0.524. The number of nitrogens with two attached hydrogens (primary N) is 1. The molecule has 94 valence electrons. The summed E-state index contributed by atoms with van der Waals surface area (Å²) in [7, 11) is 3.62. The van der Waals surface area contributed by atoms with Crippen LogP contribution >= 0.6 is 0 Å². The zero-order valence-corrected chi connectivity index (χ0v) is 10.5. The molecule has 0 aromatic rings. The van der Waals surface area contributed by atoms with Crippen LogP contribution in [0.25, 0.3) is 0 Å². The molecule has 0 aliphatic rings. The van der Waals surface area contributed by atoms with Crippen LogP contribution in [0.3, 0.4) is 0 Å². The SMILES string of the molecule is CCCC(C(=O)OC(CC)C(N)=O)N(C)C. The van der Waals surface area contributed by atoms with E-state index in [1.165, 1.54) is 0 Å². The average molecular weight is 230 g/mol. The highest BCUT2D eigenvalue weighted by molar-refractivity contribution is 5.83. The lowest BCUT2D eigenvalue weighted by Crippen LogP contribution is -2.41. The van der Waals surface area contributed by atoms with E-state index >= 15 is 0 Å². The van der Waals surface area contributed by atoms with Crippen molar-refractivity contribution >= 4 is 11.9 Å². The fraction of sp³-hybridized carbons (Fsp3) is 0.818. The molecule has 0 aliphatic heterocycles. The van der Waals surface area contributed by atoms with Gasteiger partial charge in [0, 0.05) is 0 Å². The lowest BCUT2D eigenvalue weighted by molar-refractivity contribution is -0.159. The van der Waals surface area contributed by atoms with Crippen molar-refractivity contribution in [3.8, 4) is 0 Å². The van der Waals surface area contributed by atoms with Crippen LogP contribution in [0.2, 0.25) is 0 Å². The highest BCUT2D eigenvalue weighted by Crippen LogP contribution is 2.08. The lowest BCUT2D eigenvalue weighted by atomic mass is 10.1. The van der Waals surface area contributed by atoms with E-state index in [1.807, 2.05) is 21.0 Å². The summed E-state index contributed by atoms with van der Waals surface area (Å²) in [5.74, 6) is -0.970. The first kappa shape index (κ1) is 14.9.